The highest BCUT2D eigenvalue weighted by molar-refractivity contribution is 8.00. The summed E-state index contributed by atoms with van der Waals surface area (Å²) in [5, 5.41) is 24.0. The predicted molar refractivity (Wildman–Crippen MR) is 82.9 cm³/mol. The summed E-state index contributed by atoms with van der Waals surface area (Å²) >= 11 is 3.07. The van der Waals surface area contributed by atoms with Gasteiger partial charge in [0.25, 0.3) is 5.69 Å². The minimum absolute atomic E-state index is 0.0432. The minimum Gasteiger partial charge on any atom is -0.258 e. The molecule has 0 fully saturated rings. The summed E-state index contributed by atoms with van der Waals surface area (Å²) < 4.78 is 2.58. The Morgan fingerprint density at radius 2 is 2.09 bits per heavy atom. The normalized spacial score (nSPS) is 10.8. The Hall–Kier alpha value is -2.33. The van der Waals surface area contributed by atoms with Crippen LogP contribution in [0.3, 0.4) is 0 Å². The van der Waals surface area contributed by atoms with Crippen LogP contribution < -0.4 is 0 Å². The lowest BCUT2D eigenvalue weighted by molar-refractivity contribution is -0.384. The van der Waals surface area contributed by atoms with Gasteiger partial charge in [0.15, 0.2) is 10.2 Å². The second kappa shape index (κ2) is 6.20. The van der Waals surface area contributed by atoms with Gasteiger partial charge in [-0.25, -0.2) is 9.67 Å². The summed E-state index contributed by atoms with van der Waals surface area (Å²) in [7, 11) is 0. The second-order valence-corrected chi connectivity index (χ2v) is 6.35. The molecule has 2 aromatic heterocycles. The topological polar surface area (TPSA) is 99.6 Å². The number of hydrogen-bond donors (Lipinski definition) is 0. The van der Waals surface area contributed by atoms with E-state index < -0.39 is 4.92 Å². The number of thioether (sulfide) groups is 1. The van der Waals surface area contributed by atoms with Crippen LogP contribution in [0.15, 0.2) is 34.9 Å². The third kappa shape index (κ3) is 3.12. The molecule has 0 bridgehead atoms. The molecule has 0 spiro atoms. The maximum absolute atomic E-state index is 10.6. The fourth-order valence-corrected chi connectivity index (χ4v) is 3.06. The van der Waals surface area contributed by atoms with E-state index in [9.17, 15) is 10.1 Å². The van der Waals surface area contributed by atoms with Gasteiger partial charge in [0, 0.05) is 17.7 Å². The molecule has 22 heavy (non-hydrogen) atoms. The number of nitro benzene ring substituents is 1. The molecule has 8 nitrogen and oxygen atoms in total. The summed E-state index contributed by atoms with van der Waals surface area (Å²) in [5.74, 6) is 0.518. The van der Waals surface area contributed by atoms with Gasteiger partial charge < -0.3 is 0 Å². The van der Waals surface area contributed by atoms with E-state index in [0.717, 1.165) is 14.9 Å². The molecule has 0 aliphatic carbocycles. The van der Waals surface area contributed by atoms with Crippen molar-refractivity contribution < 1.29 is 4.92 Å². The summed E-state index contributed by atoms with van der Waals surface area (Å²) in [6.45, 7) is 0.498. The van der Waals surface area contributed by atoms with Gasteiger partial charge >= 0.3 is 0 Å². The van der Waals surface area contributed by atoms with E-state index in [4.69, 9.17) is 0 Å². The monoisotopic (exact) mass is 334 g/mol. The van der Waals surface area contributed by atoms with Crippen LogP contribution in [0.2, 0.25) is 0 Å². The maximum Gasteiger partial charge on any atom is 0.269 e. The summed E-state index contributed by atoms with van der Waals surface area (Å²) in [4.78, 5) is 14.4. The van der Waals surface area contributed by atoms with Gasteiger partial charge in [0.2, 0.25) is 0 Å². The third-order valence-electron chi connectivity index (χ3n) is 2.79. The number of benzene rings is 1. The van der Waals surface area contributed by atoms with Crippen molar-refractivity contribution in [3.8, 4) is 11.4 Å². The van der Waals surface area contributed by atoms with Crippen molar-refractivity contribution in [2.24, 2.45) is 0 Å². The number of non-ortho nitro benzene ring substituents is 1. The average molecular weight is 334 g/mol. The lowest BCUT2D eigenvalue weighted by Crippen LogP contribution is -2.00. The Bertz CT molecular complexity index is 798. The van der Waals surface area contributed by atoms with E-state index in [1.165, 1.54) is 23.5 Å². The number of hydrogen-bond acceptors (Lipinski definition) is 8. The predicted octanol–water partition coefficient (Wildman–Crippen LogP) is 2.48. The van der Waals surface area contributed by atoms with Gasteiger partial charge in [-0.3, -0.25) is 10.1 Å². The van der Waals surface area contributed by atoms with Crippen molar-refractivity contribution >= 4 is 28.8 Å². The smallest absolute Gasteiger partial charge is 0.258 e. The Balaban J connectivity index is 1.76. The molecule has 0 atom stereocenters. The highest BCUT2D eigenvalue weighted by atomic mass is 32.2. The standard InChI is InChI=1S/C12H10N6O2S2/c1-21-12-15-14-10(22-12)6-17-7-13-11(16-17)8-2-4-9(5-3-8)18(19)20/h2-5,7H,6H2,1H3. The van der Waals surface area contributed by atoms with Crippen molar-refractivity contribution in [1.82, 2.24) is 25.0 Å². The van der Waals surface area contributed by atoms with E-state index in [0.29, 0.717) is 12.4 Å². The van der Waals surface area contributed by atoms with Crippen LogP contribution in [0, 0.1) is 10.1 Å². The molecule has 0 saturated heterocycles. The molecule has 0 saturated carbocycles. The van der Waals surface area contributed by atoms with Crippen LogP contribution in [-0.2, 0) is 6.54 Å². The Kier molecular flexibility index (Phi) is 4.11. The zero-order valence-corrected chi connectivity index (χ0v) is 13.0. The van der Waals surface area contributed by atoms with E-state index in [2.05, 4.69) is 20.3 Å². The molecule has 10 heteroatoms. The minimum atomic E-state index is -0.436. The molecular formula is C12H10N6O2S2. The van der Waals surface area contributed by atoms with Crippen molar-refractivity contribution in [2.45, 2.75) is 10.9 Å². The number of nitrogens with zero attached hydrogens (tertiary/aromatic N) is 6. The molecule has 0 radical (unpaired) electrons. The molecule has 0 N–H and O–H groups in total. The quantitative estimate of drug-likeness (QED) is 0.401. The van der Waals surface area contributed by atoms with Crippen LogP contribution in [0.4, 0.5) is 5.69 Å². The van der Waals surface area contributed by atoms with Crippen molar-refractivity contribution in [2.75, 3.05) is 6.26 Å². The summed E-state index contributed by atoms with van der Waals surface area (Å²) in [6.07, 6.45) is 3.56. The first-order valence-electron chi connectivity index (χ1n) is 6.16. The van der Waals surface area contributed by atoms with Gasteiger partial charge in [0.1, 0.15) is 11.3 Å². The average Bonchev–Trinajstić information content (AvgIpc) is 3.17. The van der Waals surface area contributed by atoms with Gasteiger partial charge in [-0.1, -0.05) is 23.1 Å². The lowest BCUT2D eigenvalue weighted by atomic mass is 10.2. The number of aromatic nitrogens is 5. The van der Waals surface area contributed by atoms with Gasteiger partial charge in [0.05, 0.1) is 11.5 Å². The van der Waals surface area contributed by atoms with Crippen LogP contribution in [-0.4, -0.2) is 36.1 Å². The maximum atomic E-state index is 10.6. The molecule has 3 aromatic rings. The van der Waals surface area contributed by atoms with Crippen molar-refractivity contribution in [3.05, 3.63) is 45.7 Å². The first-order valence-corrected chi connectivity index (χ1v) is 8.20. The number of nitro groups is 1. The fourth-order valence-electron chi connectivity index (χ4n) is 1.76. The highest BCUT2D eigenvalue weighted by Gasteiger charge is 2.10. The van der Waals surface area contributed by atoms with Crippen LogP contribution in [0.25, 0.3) is 11.4 Å². The van der Waals surface area contributed by atoms with E-state index in [1.54, 1.807) is 34.9 Å². The zero-order valence-electron chi connectivity index (χ0n) is 11.4. The Morgan fingerprint density at radius 1 is 1.32 bits per heavy atom. The second-order valence-electron chi connectivity index (χ2n) is 4.24. The van der Waals surface area contributed by atoms with Crippen LogP contribution >= 0.6 is 23.1 Å². The Morgan fingerprint density at radius 3 is 2.73 bits per heavy atom. The van der Waals surface area contributed by atoms with Gasteiger partial charge in [-0.15, -0.1) is 10.2 Å². The first-order chi connectivity index (χ1) is 10.7. The fraction of sp³-hybridized carbons (Fsp3) is 0.167. The van der Waals surface area contributed by atoms with Gasteiger partial charge in [-0.05, 0) is 18.4 Å². The van der Waals surface area contributed by atoms with Gasteiger partial charge in [-0.2, -0.15) is 5.10 Å². The Labute approximate surface area is 133 Å². The molecular weight excluding hydrogens is 324 g/mol. The van der Waals surface area contributed by atoms with E-state index in [-0.39, 0.29) is 5.69 Å². The first kappa shape index (κ1) is 14.6. The molecule has 0 unspecified atom stereocenters. The molecule has 112 valence electrons. The lowest BCUT2D eigenvalue weighted by Gasteiger charge is -1.96. The zero-order chi connectivity index (χ0) is 15.5. The number of rotatable bonds is 5. The molecule has 0 amide bonds. The molecule has 0 aliphatic rings. The van der Waals surface area contributed by atoms with E-state index >= 15 is 0 Å². The molecule has 0 aliphatic heterocycles. The molecule has 2 heterocycles. The van der Waals surface area contributed by atoms with Crippen molar-refractivity contribution in [1.29, 1.82) is 0 Å². The molecule has 3 rings (SSSR count). The largest absolute Gasteiger partial charge is 0.269 e. The molecule has 1 aromatic carbocycles. The summed E-state index contributed by atoms with van der Waals surface area (Å²) in [5.41, 5.74) is 0.771. The SMILES string of the molecule is CSc1nnc(Cn2cnc(-c3ccc([N+](=O)[O-])cc3)n2)s1. The highest BCUT2D eigenvalue weighted by Crippen LogP contribution is 2.21. The van der Waals surface area contributed by atoms with Crippen LogP contribution in [0.5, 0.6) is 0 Å². The summed E-state index contributed by atoms with van der Waals surface area (Å²) in [6, 6.07) is 6.14. The third-order valence-corrected chi connectivity index (χ3v) is 4.68. The van der Waals surface area contributed by atoms with Crippen LogP contribution in [0.1, 0.15) is 5.01 Å². The van der Waals surface area contributed by atoms with Crippen molar-refractivity contribution in [3.63, 3.8) is 0 Å². The van der Waals surface area contributed by atoms with E-state index in [1.807, 2.05) is 6.26 Å².